The lowest BCUT2D eigenvalue weighted by Gasteiger charge is -2.23. The third-order valence-electron chi connectivity index (χ3n) is 5.31. The quantitative estimate of drug-likeness (QED) is 0.656. The number of benzene rings is 2. The summed E-state index contributed by atoms with van der Waals surface area (Å²) in [7, 11) is 1.34. The van der Waals surface area contributed by atoms with E-state index in [0.29, 0.717) is 17.1 Å². The van der Waals surface area contributed by atoms with E-state index in [1.807, 2.05) is 32.9 Å². The Morgan fingerprint density at radius 1 is 1.17 bits per heavy atom. The molecular formula is C23H22FN3O3. The first-order valence-corrected chi connectivity index (χ1v) is 9.64. The van der Waals surface area contributed by atoms with E-state index >= 15 is 0 Å². The minimum absolute atomic E-state index is 0.00486. The molecule has 0 aliphatic carbocycles. The molecule has 154 valence electrons. The van der Waals surface area contributed by atoms with Crippen LogP contribution in [-0.2, 0) is 4.79 Å². The smallest absolute Gasteiger partial charge is 0.226 e. The van der Waals surface area contributed by atoms with Crippen molar-refractivity contribution in [1.82, 2.24) is 9.78 Å². The van der Waals surface area contributed by atoms with Crippen LogP contribution in [0.3, 0.4) is 0 Å². The van der Waals surface area contributed by atoms with Gasteiger partial charge in [0.2, 0.25) is 5.91 Å². The Balaban J connectivity index is 1.82. The first-order valence-electron chi connectivity index (χ1n) is 9.64. The number of ether oxygens (including phenoxy) is 1. The molecule has 1 aliphatic rings. The fraction of sp³-hybridized carbons (Fsp3) is 0.261. The van der Waals surface area contributed by atoms with Crippen molar-refractivity contribution < 1.29 is 18.7 Å². The lowest BCUT2D eigenvalue weighted by molar-refractivity contribution is -0.116. The van der Waals surface area contributed by atoms with Gasteiger partial charge in [-0.1, -0.05) is 6.07 Å². The van der Waals surface area contributed by atoms with E-state index < -0.39 is 11.7 Å². The highest BCUT2D eigenvalue weighted by atomic mass is 19.1. The molecule has 0 saturated carbocycles. The van der Waals surface area contributed by atoms with E-state index in [0.717, 1.165) is 16.8 Å². The number of aromatic nitrogens is 2. The SMILES string of the molecule is COc1cc(C(=O)[C@@H]2CC(=O)Nc3c2c(C)nn3-c2cc(C)cc(C)c2)ccc1F. The monoisotopic (exact) mass is 407 g/mol. The van der Waals surface area contributed by atoms with Crippen molar-refractivity contribution in [3.8, 4) is 11.4 Å². The van der Waals surface area contributed by atoms with Crippen molar-refractivity contribution in [3.63, 3.8) is 0 Å². The highest BCUT2D eigenvalue weighted by Crippen LogP contribution is 2.38. The first-order chi connectivity index (χ1) is 14.3. The van der Waals surface area contributed by atoms with Gasteiger partial charge in [0, 0.05) is 17.5 Å². The second-order valence-electron chi connectivity index (χ2n) is 7.62. The number of aryl methyl sites for hydroxylation is 3. The second-order valence-corrected chi connectivity index (χ2v) is 7.62. The first kappa shape index (κ1) is 19.8. The highest BCUT2D eigenvalue weighted by molar-refractivity contribution is 6.08. The molecule has 3 aromatic rings. The highest BCUT2D eigenvalue weighted by Gasteiger charge is 2.36. The molecule has 6 nitrogen and oxygen atoms in total. The molecule has 0 saturated heterocycles. The van der Waals surface area contributed by atoms with Gasteiger partial charge in [-0.2, -0.15) is 5.10 Å². The van der Waals surface area contributed by atoms with Gasteiger partial charge in [0.05, 0.1) is 24.4 Å². The molecule has 2 aromatic carbocycles. The van der Waals surface area contributed by atoms with E-state index in [-0.39, 0.29) is 29.4 Å². The van der Waals surface area contributed by atoms with E-state index in [4.69, 9.17) is 4.74 Å². The van der Waals surface area contributed by atoms with Crippen LogP contribution < -0.4 is 10.1 Å². The van der Waals surface area contributed by atoms with Gasteiger partial charge in [0.25, 0.3) is 0 Å². The predicted molar refractivity (Wildman–Crippen MR) is 111 cm³/mol. The number of rotatable bonds is 4. The number of carbonyl (C=O) groups is 2. The zero-order valence-corrected chi connectivity index (χ0v) is 17.2. The number of nitrogens with one attached hydrogen (secondary N) is 1. The van der Waals surface area contributed by atoms with Gasteiger partial charge < -0.3 is 10.1 Å². The normalized spacial score (nSPS) is 15.5. The largest absolute Gasteiger partial charge is 0.494 e. The number of amides is 1. The van der Waals surface area contributed by atoms with Crippen LogP contribution in [0.2, 0.25) is 0 Å². The predicted octanol–water partition coefficient (Wildman–Crippen LogP) is 4.25. The molecule has 2 heterocycles. The second kappa shape index (κ2) is 7.40. The number of hydrogen-bond donors (Lipinski definition) is 1. The van der Waals surface area contributed by atoms with Crippen LogP contribution in [0.4, 0.5) is 10.2 Å². The number of Topliss-reactive ketones (excluding diaryl/α,β-unsaturated/α-hetero) is 1. The van der Waals surface area contributed by atoms with Crippen molar-refractivity contribution in [3.05, 3.63) is 70.2 Å². The van der Waals surface area contributed by atoms with Crippen molar-refractivity contribution in [2.45, 2.75) is 33.1 Å². The summed E-state index contributed by atoms with van der Waals surface area (Å²) in [6, 6.07) is 9.98. The number of anilines is 1. The van der Waals surface area contributed by atoms with Crippen molar-refractivity contribution >= 4 is 17.5 Å². The van der Waals surface area contributed by atoms with Crippen LogP contribution in [0.1, 0.15) is 45.1 Å². The molecule has 4 rings (SSSR count). The van der Waals surface area contributed by atoms with E-state index in [1.165, 1.54) is 25.3 Å². The Hall–Kier alpha value is -3.48. The standard InChI is InChI=1S/C23H22FN3O3/c1-12-7-13(2)9-16(8-12)27-23-21(14(3)26-27)17(11-20(28)25-23)22(29)15-5-6-18(24)19(10-15)30-4/h5-10,17H,11H2,1-4H3,(H,25,28)/t17-/m1/s1. The summed E-state index contributed by atoms with van der Waals surface area (Å²) in [5.74, 6) is -1.29. The molecule has 0 spiro atoms. The third-order valence-corrected chi connectivity index (χ3v) is 5.31. The summed E-state index contributed by atoms with van der Waals surface area (Å²) in [5, 5.41) is 7.50. The average Bonchev–Trinajstić information content (AvgIpc) is 3.03. The zero-order chi connectivity index (χ0) is 21.6. The summed E-state index contributed by atoms with van der Waals surface area (Å²) >= 11 is 0. The summed E-state index contributed by atoms with van der Waals surface area (Å²) in [4.78, 5) is 25.8. The fourth-order valence-corrected chi connectivity index (χ4v) is 4.05. The Bertz CT molecular complexity index is 1160. The number of nitrogens with zero attached hydrogens (tertiary/aromatic N) is 2. The molecule has 1 N–H and O–H groups in total. The molecule has 1 aliphatic heterocycles. The van der Waals surface area contributed by atoms with Gasteiger partial charge in [0.15, 0.2) is 17.3 Å². The minimum atomic E-state index is -0.705. The Kier molecular flexibility index (Phi) is 4.89. The Labute approximate surface area is 173 Å². The number of hydrogen-bond acceptors (Lipinski definition) is 4. The van der Waals surface area contributed by atoms with Crippen molar-refractivity contribution in [1.29, 1.82) is 0 Å². The molecule has 0 bridgehead atoms. The van der Waals surface area contributed by atoms with E-state index in [1.54, 1.807) is 4.68 Å². The number of ketones is 1. The van der Waals surface area contributed by atoms with Crippen molar-refractivity contribution in [2.24, 2.45) is 0 Å². The Morgan fingerprint density at radius 3 is 2.53 bits per heavy atom. The molecule has 0 unspecified atom stereocenters. The van der Waals surface area contributed by atoms with Gasteiger partial charge in [-0.3, -0.25) is 9.59 Å². The average molecular weight is 407 g/mol. The van der Waals surface area contributed by atoms with Crippen LogP contribution in [-0.4, -0.2) is 28.6 Å². The summed E-state index contributed by atoms with van der Waals surface area (Å²) in [6.45, 7) is 5.80. The lowest BCUT2D eigenvalue weighted by Crippen LogP contribution is -2.28. The molecule has 7 heteroatoms. The zero-order valence-electron chi connectivity index (χ0n) is 17.2. The van der Waals surface area contributed by atoms with Gasteiger partial charge in [-0.15, -0.1) is 0 Å². The number of methoxy groups -OCH3 is 1. The topological polar surface area (TPSA) is 73.2 Å². The van der Waals surface area contributed by atoms with Crippen LogP contribution >= 0.6 is 0 Å². The summed E-state index contributed by atoms with van der Waals surface area (Å²) < 4.78 is 20.5. The Morgan fingerprint density at radius 2 is 1.87 bits per heavy atom. The molecule has 30 heavy (non-hydrogen) atoms. The maximum Gasteiger partial charge on any atom is 0.226 e. The van der Waals surface area contributed by atoms with Crippen LogP contribution in [0.5, 0.6) is 5.75 Å². The molecule has 0 fully saturated rings. The van der Waals surface area contributed by atoms with Gasteiger partial charge >= 0.3 is 0 Å². The van der Waals surface area contributed by atoms with E-state index in [9.17, 15) is 14.0 Å². The van der Waals surface area contributed by atoms with Gasteiger partial charge in [-0.05, 0) is 62.2 Å². The maximum atomic E-state index is 13.8. The van der Waals surface area contributed by atoms with Gasteiger partial charge in [0.1, 0.15) is 5.82 Å². The number of fused-ring (bicyclic) bond motifs is 1. The van der Waals surface area contributed by atoms with Crippen LogP contribution in [0.15, 0.2) is 36.4 Å². The molecular weight excluding hydrogens is 385 g/mol. The number of halogens is 1. The third kappa shape index (κ3) is 3.36. The lowest BCUT2D eigenvalue weighted by atomic mass is 9.85. The summed E-state index contributed by atoms with van der Waals surface area (Å²) in [6.07, 6.45) is 0.00486. The molecule has 1 atom stereocenters. The van der Waals surface area contributed by atoms with Crippen molar-refractivity contribution in [2.75, 3.05) is 12.4 Å². The number of carbonyl (C=O) groups excluding carboxylic acids is 2. The van der Waals surface area contributed by atoms with E-state index in [2.05, 4.69) is 16.5 Å². The van der Waals surface area contributed by atoms with Gasteiger partial charge in [-0.25, -0.2) is 9.07 Å². The molecule has 1 aromatic heterocycles. The fourth-order valence-electron chi connectivity index (χ4n) is 4.05. The minimum Gasteiger partial charge on any atom is -0.494 e. The molecule has 1 amide bonds. The molecule has 0 radical (unpaired) electrons. The van der Waals surface area contributed by atoms with Crippen LogP contribution in [0, 0.1) is 26.6 Å². The summed E-state index contributed by atoms with van der Waals surface area (Å²) in [5.41, 5.74) is 4.59. The van der Waals surface area contributed by atoms with Crippen LogP contribution in [0.25, 0.3) is 5.69 Å². The maximum absolute atomic E-state index is 13.8.